The van der Waals surface area contributed by atoms with Crippen LogP contribution in [-0.2, 0) is 4.79 Å². The van der Waals surface area contributed by atoms with E-state index in [2.05, 4.69) is 20.5 Å². The average molecular weight is 211 g/mol. The van der Waals surface area contributed by atoms with Gasteiger partial charge in [0.1, 0.15) is 12.2 Å². The van der Waals surface area contributed by atoms with Crippen LogP contribution in [0.2, 0.25) is 0 Å². The maximum atomic E-state index is 11.6. The Balaban J connectivity index is 2.44. The molecule has 2 atom stereocenters. The molecule has 0 radical (unpaired) electrons. The van der Waals surface area contributed by atoms with Crippen LogP contribution in [0.3, 0.4) is 0 Å². The summed E-state index contributed by atoms with van der Waals surface area (Å²) in [6, 6.07) is -0.153. The molecule has 1 rings (SSSR count). The second-order valence-electron chi connectivity index (χ2n) is 3.58. The second kappa shape index (κ2) is 5.45. The summed E-state index contributed by atoms with van der Waals surface area (Å²) in [7, 11) is 0. The minimum absolute atomic E-state index is 0.00986. The number of nitrogens with one attached hydrogen (secondary N) is 2. The van der Waals surface area contributed by atoms with Crippen molar-refractivity contribution >= 4 is 5.91 Å². The molecule has 1 amide bonds. The minimum Gasteiger partial charge on any atom is -0.346 e. The smallest absolute Gasteiger partial charge is 0.223 e. The van der Waals surface area contributed by atoms with Gasteiger partial charge in [-0.25, -0.2) is 4.98 Å². The molecule has 0 fully saturated rings. The number of nitrogens with two attached hydrogens (primary N) is 1. The van der Waals surface area contributed by atoms with E-state index < -0.39 is 0 Å². The number of hydrogen-bond donors (Lipinski definition) is 3. The van der Waals surface area contributed by atoms with E-state index in [4.69, 9.17) is 5.73 Å². The highest BCUT2D eigenvalue weighted by Gasteiger charge is 2.16. The first kappa shape index (κ1) is 11.6. The molecule has 2 unspecified atom stereocenters. The van der Waals surface area contributed by atoms with E-state index in [1.54, 1.807) is 0 Å². The zero-order valence-corrected chi connectivity index (χ0v) is 9.03. The van der Waals surface area contributed by atoms with Gasteiger partial charge in [0.15, 0.2) is 0 Å². The van der Waals surface area contributed by atoms with E-state index in [0.29, 0.717) is 18.8 Å². The summed E-state index contributed by atoms with van der Waals surface area (Å²) in [5, 5.41) is 9.28. The van der Waals surface area contributed by atoms with E-state index in [1.165, 1.54) is 6.33 Å². The predicted octanol–water partition coefficient (Wildman–Crippen LogP) is -0.0332. The second-order valence-corrected chi connectivity index (χ2v) is 3.58. The van der Waals surface area contributed by atoms with Crippen molar-refractivity contribution in [2.24, 2.45) is 11.7 Å². The molecule has 0 spiro atoms. The van der Waals surface area contributed by atoms with Crippen LogP contribution < -0.4 is 11.1 Å². The van der Waals surface area contributed by atoms with Gasteiger partial charge in [-0.15, -0.1) is 0 Å². The summed E-state index contributed by atoms with van der Waals surface area (Å²) in [6.45, 7) is 4.23. The maximum Gasteiger partial charge on any atom is 0.223 e. The van der Waals surface area contributed by atoms with Crippen LogP contribution in [0.25, 0.3) is 0 Å². The number of amides is 1. The van der Waals surface area contributed by atoms with Gasteiger partial charge in [-0.3, -0.25) is 9.89 Å². The number of H-pyrrole nitrogens is 1. The summed E-state index contributed by atoms with van der Waals surface area (Å²) >= 11 is 0. The Hall–Kier alpha value is -1.43. The third-order valence-corrected chi connectivity index (χ3v) is 2.25. The fourth-order valence-electron chi connectivity index (χ4n) is 1.23. The van der Waals surface area contributed by atoms with Gasteiger partial charge in [-0.05, 0) is 19.9 Å². The molecule has 0 saturated carbocycles. The topological polar surface area (TPSA) is 96.7 Å². The maximum absolute atomic E-state index is 11.6. The lowest BCUT2D eigenvalue weighted by molar-refractivity contribution is -0.125. The van der Waals surface area contributed by atoms with Crippen molar-refractivity contribution in [3.05, 3.63) is 12.2 Å². The molecule has 0 bridgehead atoms. The van der Waals surface area contributed by atoms with E-state index in [1.807, 2.05) is 13.8 Å². The fraction of sp³-hybridized carbons (Fsp3) is 0.667. The Morgan fingerprint density at radius 3 is 2.93 bits per heavy atom. The predicted molar refractivity (Wildman–Crippen MR) is 55.8 cm³/mol. The molecule has 0 aliphatic rings. The summed E-state index contributed by atoms with van der Waals surface area (Å²) in [6.07, 6.45) is 2.11. The zero-order chi connectivity index (χ0) is 11.3. The number of rotatable bonds is 5. The standard InChI is InChI=1S/C9H17N5O/c1-6(3-4-10)9(15)13-7(2)8-11-5-12-14-8/h5-7H,3-4,10H2,1-2H3,(H,13,15)(H,11,12,14). The summed E-state index contributed by atoms with van der Waals surface area (Å²) < 4.78 is 0. The molecule has 0 aromatic carbocycles. The van der Waals surface area contributed by atoms with Crippen molar-refractivity contribution in [2.45, 2.75) is 26.3 Å². The Morgan fingerprint density at radius 2 is 2.40 bits per heavy atom. The Labute approximate surface area is 88.7 Å². The van der Waals surface area contributed by atoms with Gasteiger partial charge in [0.25, 0.3) is 0 Å². The number of aromatic amines is 1. The molecule has 4 N–H and O–H groups in total. The molecule has 1 aromatic rings. The average Bonchev–Trinajstić information content (AvgIpc) is 2.70. The first-order chi connectivity index (χ1) is 7.15. The van der Waals surface area contributed by atoms with Crippen molar-refractivity contribution in [2.75, 3.05) is 6.54 Å². The van der Waals surface area contributed by atoms with E-state index in [0.717, 1.165) is 0 Å². The Kier molecular flexibility index (Phi) is 4.23. The van der Waals surface area contributed by atoms with Crippen molar-refractivity contribution in [1.82, 2.24) is 20.5 Å². The van der Waals surface area contributed by atoms with Crippen LogP contribution in [0.1, 0.15) is 32.1 Å². The van der Waals surface area contributed by atoms with Crippen LogP contribution in [0.15, 0.2) is 6.33 Å². The molecule has 0 aliphatic heterocycles. The minimum atomic E-state index is -0.153. The van der Waals surface area contributed by atoms with Crippen molar-refractivity contribution in [3.63, 3.8) is 0 Å². The number of carbonyl (C=O) groups is 1. The van der Waals surface area contributed by atoms with Gasteiger partial charge < -0.3 is 11.1 Å². The monoisotopic (exact) mass is 211 g/mol. The van der Waals surface area contributed by atoms with Gasteiger partial charge in [0, 0.05) is 5.92 Å². The van der Waals surface area contributed by atoms with E-state index in [9.17, 15) is 4.79 Å². The molecular formula is C9H17N5O. The number of nitrogens with zero attached hydrogens (tertiary/aromatic N) is 2. The summed E-state index contributed by atoms with van der Waals surface area (Å²) in [5.41, 5.74) is 5.38. The van der Waals surface area contributed by atoms with Gasteiger partial charge in [0.2, 0.25) is 5.91 Å². The Morgan fingerprint density at radius 1 is 1.67 bits per heavy atom. The van der Waals surface area contributed by atoms with Crippen molar-refractivity contribution in [1.29, 1.82) is 0 Å². The highest BCUT2D eigenvalue weighted by molar-refractivity contribution is 5.78. The molecule has 15 heavy (non-hydrogen) atoms. The quantitative estimate of drug-likeness (QED) is 0.637. The first-order valence-corrected chi connectivity index (χ1v) is 5.00. The lowest BCUT2D eigenvalue weighted by Crippen LogP contribution is -2.33. The molecule has 0 aliphatic carbocycles. The SMILES string of the molecule is CC(CCN)C(=O)NC(C)c1ncn[nH]1. The molecule has 6 heteroatoms. The summed E-state index contributed by atoms with van der Waals surface area (Å²) in [4.78, 5) is 15.6. The third kappa shape index (κ3) is 3.32. The third-order valence-electron chi connectivity index (χ3n) is 2.25. The molecule has 1 aromatic heterocycles. The van der Waals surface area contributed by atoms with Gasteiger partial charge in [0.05, 0.1) is 6.04 Å². The van der Waals surface area contributed by atoms with Crippen LogP contribution in [-0.4, -0.2) is 27.6 Å². The molecular weight excluding hydrogens is 194 g/mol. The van der Waals surface area contributed by atoms with Gasteiger partial charge >= 0.3 is 0 Å². The van der Waals surface area contributed by atoms with Crippen LogP contribution >= 0.6 is 0 Å². The lowest BCUT2D eigenvalue weighted by Gasteiger charge is -2.15. The number of carbonyl (C=O) groups excluding carboxylic acids is 1. The number of hydrogen-bond acceptors (Lipinski definition) is 4. The zero-order valence-electron chi connectivity index (χ0n) is 9.03. The largest absolute Gasteiger partial charge is 0.346 e. The van der Waals surface area contributed by atoms with E-state index >= 15 is 0 Å². The van der Waals surface area contributed by atoms with Crippen LogP contribution in [0.5, 0.6) is 0 Å². The molecule has 84 valence electrons. The molecule has 1 heterocycles. The van der Waals surface area contributed by atoms with Gasteiger partial charge in [-0.1, -0.05) is 6.92 Å². The molecule has 0 saturated heterocycles. The highest BCUT2D eigenvalue weighted by Crippen LogP contribution is 2.07. The Bertz CT molecular complexity index is 297. The van der Waals surface area contributed by atoms with Crippen LogP contribution in [0.4, 0.5) is 0 Å². The van der Waals surface area contributed by atoms with E-state index in [-0.39, 0.29) is 17.9 Å². The van der Waals surface area contributed by atoms with Crippen molar-refractivity contribution in [3.8, 4) is 0 Å². The highest BCUT2D eigenvalue weighted by atomic mass is 16.1. The lowest BCUT2D eigenvalue weighted by atomic mass is 10.1. The fourth-order valence-corrected chi connectivity index (χ4v) is 1.23. The normalized spacial score (nSPS) is 14.6. The number of aromatic nitrogens is 3. The molecule has 6 nitrogen and oxygen atoms in total. The first-order valence-electron chi connectivity index (χ1n) is 5.00. The van der Waals surface area contributed by atoms with Crippen LogP contribution in [0, 0.1) is 5.92 Å². The summed E-state index contributed by atoms with van der Waals surface area (Å²) in [5.74, 6) is 0.577. The van der Waals surface area contributed by atoms with Gasteiger partial charge in [-0.2, -0.15) is 5.10 Å². The van der Waals surface area contributed by atoms with Crippen molar-refractivity contribution < 1.29 is 4.79 Å².